The summed E-state index contributed by atoms with van der Waals surface area (Å²) in [5.74, 6) is -0.289. The predicted octanol–water partition coefficient (Wildman–Crippen LogP) is 2.75. The van der Waals surface area contributed by atoms with Gasteiger partial charge in [-0.25, -0.2) is 0 Å². The van der Waals surface area contributed by atoms with E-state index in [-0.39, 0.29) is 12.3 Å². The van der Waals surface area contributed by atoms with Gasteiger partial charge in [-0.3, -0.25) is 9.59 Å². The van der Waals surface area contributed by atoms with Gasteiger partial charge in [-0.1, -0.05) is 30.3 Å². The van der Waals surface area contributed by atoms with Gasteiger partial charge in [-0.05, 0) is 36.8 Å². The van der Waals surface area contributed by atoms with Crippen LogP contribution in [0.5, 0.6) is 5.75 Å². The summed E-state index contributed by atoms with van der Waals surface area (Å²) in [6, 6.07) is 17.2. The Morgan fingerprint density at radius 2 is 1.77 bits per heavy atom. The van der Waals surface area contributed by atoms with E-state index in [2.05, 4.69) is 5.32 Å². The lowest BCUT2D eigenvalue weighted by atomic mass is 10.0. The number of carbonyl (C=O) groups is 2. The molecular formula is C20H20N2O4. The number of hydrogen-bond acceptors (Lipinski definition) is 5. The number of nitrogens with one attached hydrogen (secondary N) is 1. The molecule has 2 aromatic rings. The molecule has 26 heavy (non-hydrogen) atoms. The van der Waals surface area contributed by atoms with Gasteiger partial charge in [0, 0.05) is 0 Å². The topological polar surface area (TPSA) is 88.4 Å². The molecule has 0 aromatic heterocycles. The van der Waals surface area contributed by atoms with Crippen molar-refractivity contribution in [2.75, 3.05) is 7.11 Å². The molecule has 0 radical (unpaired) electrons. The maximum Gasteiger partial charge on any atom is 0.307 e. The number of rotatable bonds is 7. The van der Waals surface area contributed by atoms with Crippen LogP contribution in [-0.2, 0) is 14.3 Å². The summed E-state index contributed by atoms with van der Waals surface area (Å²) >= 11 is 0. The second-order valence-corrected chi connectivity index (χ2v) is 5.65. The summed E-state index contributed by atoms with van der Waals surface area (Å²) in [5.41, 5.74) is 1.31. The van der Waals surface area contributed by atoms with Crippen LogP contribution < -0.4 is 10.1 Å². The minimum atomic E-state index is -0.771. The summed E-state index contributed by atoms with van der Waals surface area (Å²) < 4.78 is 10.3. The highest BCUT2D eigenvalue weighted by Gasteiger charge is 2.22. The van der Waals surface area contributed by atoms with E-state index in [0.29, 0.717) is 11.3 Å². The first kappa shape index (κ1) is 19.0. The highest BCUT2D eigenvalue weighted by molar-refractivity contribution is 5.82. The molecule has 0 aliphatic carbocycles. The lowest BCUT2D eigenvalue weighted by Gasteiger charge is -2.21. The summed E-state index contributed by atoms with van der Waals surface area (Å²) in [4.78, 5) is 24.2. The Bertz CT molecular complexity index is 782. The molecular weight excluding hydrogens is 332 g/mol. The average molecular weight is 352 g/mol. The number of methoxy groups -OCH3 is 1. The monoisotopic (exact) mass is 352 g/mol. The van der Waals surface area contributed by atoms with Crippen LogP contribution in [0.4, 0.5) is 0 Å². The third-order valence-electron chi connectivity index (χ3n) is 3.78. The summed E-state index contributed by atoms with van der Waals surface area (Å²) in [7, 11) is 1.31. The van der Waals surface area contributed by atoms with Gasteiger partial charge in [-0.2, -0.15) is 5.26 Å². The highest BCUT2D eigenvalue weighted by atomic mass is 16.5. The Balaban J connectivity index is 2.05. The van der Waals surface area contributed by atoms with Crippen LogP contribution in [0, 0.1) is 11.3 Å². The van der Waals surface area contributed by atoms with Gasteiger partial charge in [0.05, 0.1) is 31.2 Å². The van der Waals surface area contributed by atoms with Gasteiger partial charge in [0.25, 0.3) is 5.91 Å². The van der Waals surface area contributed by atoms with Crippen molar-refractivity contribution in [1.29, 1.82) is 5.26 Å². The molecule has 0 heterocycles. The van der Waals surface area contributed by atoms with Crippen LogP contribution in [0.15, 0.2) is 54.6 Å². The van der Waals surface area contributed by atoms with Crippen LogP contribution in [0.25, 0.3) is 0 Å². The molecule has 0 aliphatic rings. The molecule has 0 saturated heterocycles. The normalized spacial score (nSPS) is 12.3. The molecule has 2 atom stereocenters. The maximum atomic E-state index is 12.5. The molecule has 0 bridgehead atoms. The molecule has 0 spiro atoms. The van der Waals surface area contributed by atoms with Gasteiger partial charge in [-0.15, -0.1) is 0 Å². The lowest BCUT2D eigenvalue weighted by molar-refractivity contribution is -0.141. The molecule has 6 heteroatoms. The largest absolute Gasteiger partial charge is 0.481 e. The number of ether oxygens (including phenoxy) is 2. The molecule has 0 fully saturated rings. The number of esters is 1. The van der Waals surface area contributed by atoms with Crippen molar-refractivity contribution in [1.82, 2.24) is 5.32 Å². The first-order chi connectivity index (χ1) is 12.5. The molecule has 0 aliphatic heterocycles. The van der Waals surface area contributed by atoms with Gasteiger partial charge in [0.15, 0.2) is 6.10 Å². The van der Waals surface area contributed by atoms with Gasteiger partial charge in [0.2, 0.25) is 0 Å². The predicted molar refractivity (Wildman–Crippen MR) is 95.2 cm³/mol. The van der Waals surface area contributed by atoms with Crippen molar-refractivity contribution < 1.29 is 19.1 Å². The lowest BCUT2D eigenvalue weighted by Crippen LogP contribution is -2.39. The van der Waals surface area contributed by atoms with Crippen LogP contribution in [-0.4, -0.2) is 25.1 Å². The Morgan fingerprint density at radius 1 is 1.12 bits per heavy atom. The second kappa shape index (κ2) is 9.23. The summed E-state index contributed by atoms with van der Waals surface area (Å²) in [5, 5.41) is 11.6. The molecule has 1 N–H and O–H groups in total. The van der Waals surface area contributed by atoms with E-state index in [9.17, 15) is 9.59 Å². The average Bonchev–Trinajstić information content (AvgIpc) is 2.68. The quantitative estimate of drug-likeness (QED) is 0.774. The first-order valence-electron chi connectivity index (χ1n) is 8.12. The molecule has 2 aromatic carbocycles. The van der Waals surface area contributed by atoms with Crippen LogP contribution in [0.2, 0.25) is 0 Å². The molecule has 134 valence electrons. The number of nitriles is 1. The van der Waals surface area contributed by atoms with Crippen LogP contribution in [0.1, 0.15) is 30.5 Å². The fourth-order valence-corrected chi connectivity index (χ4v) is 2.34. The number of amides is 1. The van der Waals surface area contributed by atoms with Crippen molar-refractivity contribution in [3.8, 4) is 11.8 Å². The third-order valence-corrected chi connectivity index (χ3v) is 3.78. The van der Waals surface area contributed by atoms with Crippen molar-refractivity contribution in [3.63, 3.8) is 0 Å². The van der Waals surface area contributed by atoms with Crippen LogP contribution >= 0.6 is 0 Å². The van der Waals surface area contributed by atoms with E-state index >= 15 is 0 Å². The summed E-state index contributed by atoms with van der Waals surface area (Å²) in [6.45, 7) is 1.62. The van der Waals surface area contributed by atoms with E-state index < -0.39 is 18.1 Å². The van der Waals surface area contributed by atoms with E-state index in [4.69, 9.17) is 14.7 Å². The molecule has 0 saturated carbocycles. The zero-order valence-electron chi connectivity index (χ0n) is 14.6. The fraction of sp³-hybridized carbons (Fsp3) is 0.250. The Labute approximate surface area is 152 Å². The molecule has 6 nitrogen and oxygen atoms in total. The van der Waals surface area contributed by atoms with Crippen molar-refractivity contribution in [2.24, 2.45) is 0 Å². The number of benzene rings is 2. The number of carbonyl (C=O) groups excluding carboxylic acids is 2. The Morgan fingerprint density at radius 3 is 2.35 bits per heavy atom. The SMILES string of the molecule is COC(=O)C[C@@H](NC(=O)[C@H](C)Oc1ccc(C#N)cc1)c1ccccc1. The summed E-state index contributed by atoms with van der Waals surface area (Å²) in [6.07, 6.45) is -0.748. The standard InChI is InChI=1S/C20H20N2O4/c1-14(26-17-10-8-15(13-21)9-11-17)20(24)22-18(12-19(23)25-2)16-6-4-3-5-7-16/h3-11,14,18H,12H2,1-2H3,(H,22,24)/t14-,18+/m0/s1. The second-order valence-electron chi connectivity index (χ2n) is 5.65. The van der Waals surface area contributed by atoms with Crippen molar-refractivity contribution in [2.45, 2.75) is 25.5 Å². The first-order valence-corrected chi connectivity index (χ1v) is 8.12. The van der Waals surface area contributed by atoms with Crippen molar-refractivity contribution >= 4 is 11.9 Å². The highest BCUT2D eigenvalue weighted by Crippen LogP contribution is 2.18. The van der Waals surface area contributed by atoms with Gasteiger partial charge >= 0.3 is 5.97 Å². The molecule has 2 rings (SSSR count). The minimum absolute atomic E-state index is 0.0237. The van der Waals surface area contributed by atoms with Crippen molar-refractivity contribution in [3.05, 3.63) is 65.7 Å². The zero-order valence-corrected chi connectivity index (χ0v) is 14.6. The fourth-order valence-electron chi connectivity index (χ4n) is 2.34. The molecule has 1 amide bonds. The Kier molecular flexibility index (Phi) is 6.75. The zero-order chi connectivity index (χ0) is 18.9. The van der Waals surface area contributed by atoms with E-state index in [1.165, 1.54) is 7.11 Å². The number of hydrogen-bond donors (Lipinski definition) is 1. The van der Waals surface area contributed by atoms with E-state index in [0.717, 1.165) is 5.56 Å². The Hall–Kier alpha value is -3.33. The van der Waals surface area contributed by atoms with E-state index in [1.807, 2.05) is 36.4 Å². The molecule has 0 unspecified atom stereocenters. The van der Waals surface area contributed by atoms with Crippen LogP contribution in [0.3, 0.4) is 0 Å². The smallest absolute Gasteiger partial charge is 0.307 e. The maximum absolute atomic E-state index is 12.5. The minimum Gasteiger partial charge on any atom is -0.481 e. The number of nitrogens with zero attached hydrogens (tertiary/aromatic N) is 1. The van der Waals surface area contributed by atoms with Gasteiger partial charge in [0.1, 0.15) is 5.75 Å². The third kappa shape index (κ3) is 5.35. The van der Waals surface area contributed by atoms with E-state index in [1.54, 1.807) is 31.2 Å². The van der Waals surface area contributed by atoms with Gasteiger partial charge < -0.3 is 14.8 Å².